The minimum Gasteiger partial charge on any atom is -0.379 e. The molecule has 0 bridgehead atoms. The van der Waals surface area contributed by atoms with E-state index < -0.39 is 0 Å². The van der Waals surface area contributed by atoms with Crippen molar-refractivity contribution in [1.29, 1.82) is 0 Å². The Hall–Kier alpha value is -1.69. The number of carbonyl (C=O) groups is 1. The number of hydrogen-bond acceptors (Lipinski definition) is 4. The van der Waals surface area contributed by atoms with Crippen LogP contribution in [0.15, 0.2) is 41.8 Å². The summed E-state index contributed by atoms with van der Waals surface area (Å²) in [6, 6.07) is 12.5. The molecule has 4 nitrogen and oxygen atoms in total. The van der Waals surface area contributed by atoms with Gasteiger partial charge < -0.3 is 10.1 Å². The summed E-state index contributed by atoms with van der Waals surface area (Å²) >= 11 is 1.61. The Kier molecular flexibility index (Phi) is 5.43. The Bertz CT molecular complexity index is 619. The fraction of sp³-hybridized carbons (Fsp3) is 0.389. The highest BCUT2D eigenvalue weighted by molar-refractivity contribution is 7.10. The Morgan fingerprint density at radius 1 is 1.26 bits per heavy atom. The minimum atomic E-state index is 0.0291. The second-order valence-corrected chi connectivity index (χ2v) is 6.78. The number of benzene rings is 1. The maximum Gasteiger partial charge on any atom is 0.229 e. The van der Waals surface area contributed by atoms with Gasteiger partial charge >= 0.3 is 0 Å². The van der Waals surface area contributed by atoms with E-state index in [1.165, 1.54) is 5.56 Å². The Morgan fingerprint density at radius 3 is 2.65 bits per heavy atom. The van der Waals surface area contributed by atoms with Gasteiger partial charge in [0, 0.05) is 29.7 Å². The monoisotopic (exact) mass is 330 g/mol. The Labute approximate surface area is 141 Å². The van der Waals surface area contributed by atoms with Crippen LogP contribution in [0.2, 0.25) is 0 Å². The van der Waals surface area contributed by atoms with Crippen LogP contribution in [0.4, 0.5) is 5.69 Å². The molecule has 122 valence electrons. The van der Waals surface area contributed by atoms with Crippen molar-refractivity contribution in [3.8, 4) is 0 Å². The van der Waals surface area contributed by atoms with Crippen molar-refractivity contribution in [2.24, 2.45) is 0 Å². The molecule has 0 radical (unpaired) electrons. The molecule has 23 heavy (non-hydrogen) atoms. The normalized spacial score (nSPS) is 16.9. The number of anilines is 1. The number of carbonyl (C=O) groups excluding carboxylic acids is 1. The van der Waals surface area contributed by atoms with E-state index in [4.69, 9.17) is 4.74 Å². The second-order valence-electron chi connectivity index (χ2n) is 5.75. The number of ether oxygens (including phenoxy) is 1. The van der Waals surface area contributed by atoms with Gasteiger partial charge in [-0.25, -0.2) is 0 Å². The van der Waals surface area contributed by atoms with Crippen LogP contribution < -0.4 is 5.32 Å². The van der Waals surface area contributed by atoms with Crippen molar-refractivity contribution in [2.45, 2.75) is 19.4 Å². The van der Waals surface area contributed by atoms with Crippen LogP contribution in [0.25, 0.3) is 0 Å². The first-order chi connectivity index (χ1) is 11.2. The lowest BCUT2D eigenvalue weighted by Crippen LogP contribution is -2.37. The third kappa shape index (κ3) is 4.41. The van der Waals surface area contributed by atoms with Gasteiger partial charge in [-0.1, -0.05) is 18.2 Å². The standard InChI is InChI=1S/C18H22N2O2S/c1-14(20-8-10-22-11-9-20)15-4-6-16(7-5-15)19-18(21)13-17-3-2-12-23-17/h2-7,12,14H,8-11,13H2,1H3,(H,19,21)/t14-/m0/s1. The fourth-order valence-electron chi connectivity index (χ4n) is 2.80. The van der Waals surface area contributed by atoms with Crippen LogP contribution in [0.5, 0.6) is 0 Å². The average molecular weight is 330 g/mol. The lowest BCUT2D eigenvalue weighted by Gasteiger charge is -2.32. The van der Waals surface area contributed by atoms with E-state index in [2.05, 4.69) is 29.3 Å². The number of amides is 1. The van der Waals surface area contributed by atoms with Crippen molar-refractivity contribution >= 4 is 22.9 Å². The molecule has 1 saturated heterocycles. The topological polar surface area (TPSA) is 41.6 Å². The molecule has 1 aliphatic heterocycles. The summed E-state index contributed by atoms with van der Waals surface area (Å²) < 4.78 is 5.40. The van der Waals surface area contributed by atoms with E-state index in [9.17, 15) is 4.79 Å². The van der Waals surface area contributed by atoms with Gasteiger partial charge in [-0.2, -0.15) is 0 Å². The first-order valence-electron chi connectivity index (χ1n) is 7.96. The van der Waals surface area contributed by atoms with Gasteiger partial charge in [0.15, 0.2) is 0 Å². The lowest BCUT2D eigenvalue weighted by molar-refractivity contribution is -0.115. The Balaban J connectivity index is 1.57. The van der Waals surface area contributed by atoms with E-state index in [1.54, 1.807) is 11.3 Å². The number of rotatable bonds is 5. The number of morpholine rings is 1. The van der Waals surface area contributed by atoms with Crippen molar-refractivity contribution in [3.05, 3.63) is 52.2 Å². The van der Waals surface area contributed by atoms with E-state index >= 15 is 0 Å². The quantitative estimate of drug-likeness (QED) is 0.914. The van der Waals surface area contributed by atoms with Crippen molar-refractivity contribution < 1.29 is 9.53 Å². The molecule has 0 spiro atoms. The molecule has 1 N–H and O–H groups in total. The highest BCUT2D eigenvalue weighted by Crippen LogP contribution is 2.23. The van der Waals surface area contributed by atoms with Gasteiger partial charge in [0.2, 0.25) is 5.91 Å². The first kappa shape index (κ1) is 16.2. The SMILES string of the molecule is C[C@@H](c1ccc(NC(=O)Cc2cccs2)cc1)N1CCOCC1. The molecule has 3 rings (SSSR count). The Morgan fingerprint density at radius 2 is 2.00 bits per heavy atom. The zero-order chi connectivity index (χ0) is 16.1. The van der Waals surface area contributed by atoms with Crippen LogP contribution in [-0.2, 0) is 16.0 Å². The third-order valence-electron chi connectivity index (χ3n) is 4.19. The van der Waals surface area contributed by atoms with Gasteiger partial charge in [-0.05, 0) is 36.1 Å². The van der Waals surface area contributed by atoms with Gasteiger partial charge in [-0.3, -0.25) is 9.69 Å². The molecule has 5 heteroatoms. The van der Waals surface area contributed by atoms with Crippen molar-refractivity contribution in [2.75, 3.05) is 31.6 Å². The molecule has 0 unspecified atom stereocenters. The zero-order valence-corrected chi connectivity index (χ0v) is 14.1. The molecule has 2 aromatic rings. The predicted molar refractivity (Wildman–Crippen MR) is 93.9 cm³/mol. The largest absolute Gasteiger partial charge is 0.379 e. The molecule has 1 aliphatic rings. The number of nitrogens with one attached hydrogen (secondary N) is 1. The molecule has 1 aromatic carbocycles. The zero-order valence-electron chi connectivity index (χ0n) is 13.3. The summed E-state index contributed by atoms with van der Waals surface area (Å²) in [5.41, 5.74) is 2.12. The highest BCUT2D eigenvalue weighted by atomic mass is 32.1. The van der Waals surface area contributed by atoms with Crippen LogP contribution in [0.1, 0.15) is 23.4 Å². The maximum atomic E-state index is 12.0. The molecular weight excluding hydrogens is 308 g/mol. The molecule has 1 fully saturated rings. The summed E-state index contributed by atoms with van der Waals surface area (Å²) in [5, 5.41) is 4.95. The summed E-state index contributed by atoms with van der Waals surface area (Å²) in [4.78, 5) is 15.5. The lowest BCUT2D eigenvalue weighted by atomic mass is 10.1. The second kappa shape index (κ2) is 7.73. The highest BCUT2D eigenvalue weighted by Gasteiger charge is 2.18. The molecule has 2 heterocycles. The molecular formula is C18H22N2O2S. The van der Waals surface area contributed by atoms with Gasteiger partial charge in [0.1, 0.15) is 0 Å². The maximum absolute atomic E-state index is 12.0. The van der Waals surface area contributed by atoms with E-state index in [0.29, 0.717) is 12.5 Å². The van der Waals surface area contributed by atoms with Crippen molar-refractivity contribution in [1.82, 2.24) is 4.90 Å². The van der Waals surface area contributed by atoms with E-state index in [0.717, 1.165) is 36.9 Å². The number of nitrogens with zero attached hydrogens (tertiary/aromatic N) is 1. The summed E-state index contributed by atoms with van der Waals surface area (Å²) in [5.74, 6) is 0.0291. The minimum absolute atomic E-state index is 0.0291. The predicted octanol–water partition coefficient (Wildman–Crippen LogP) is 3.32. The average Bonchev–Trinajstić information content (AvgIpc) is 3.08. The fourth-order valence-corrected chi connectivity index (χ4v) is 3.50. The van der Waals surface area contributed by atoms with Crippen molar-refractivity contribution in [3.63, 3.8) is 0 Å². The molecule has 0 aliphatic carbocycles. The summed E-state index contributed by atoms with van der Waals surface area (Å²) in [7, 11) is 0. The van der Waals surface area contributed by atoms with Gasteiger partial charge in [0.05, 0.1) is 19.6 Å². The van der Waals surface area contributed by atoms with Gasteiger partial charge in [0.25, 0.3) is 0 Å². The van der Waals surface area contributed by atoms with Crippen LogP contribution in [0.3, 0.4) is 0 Å². The summed E-state index contributed by atoms with van der Waals surface area (Å²) in [6.45, 7) is 5.78. The molecule has 1 atom stereocenters. The number of hydrogen-bond donors (Lipinski definition) is 1. The molecule has 1 aromatic heterocycles. The van der Waals surface area contributed by atoms with Crippen LogP contribution in [0, 0.1) is 0 Å². The number of thiophene rings is 1. The van der Waals surface area contributed by atoms with Crippen LogP contribution in [-0.4, -0.2) is 37.1 Å². The molecule has 1 amide bonds. The van der Waals surface area contributed by atoms with Crippen LogP contribution >= 0.6 is 11.3 Å². The molecule has 0 saturated carbocycles. The summed E-state index contributed by atoms with van der Waals surface area (Å²) in [6.07, 6.45) is 0.434. The van der Waals surface area contributed by atoms with Gasteiger partial charge in [-0.15, -0.1) is 11.3 Å². The first-order valence-corrected chi connectivity index (χ1v) is 8.84. The van der Waals surface area contributed by atoms with E-state index in [-0.39, 0.29) is 5.91 Å². The third-order valence-corrected chi connectivity index (χ3v) is 5.06. The van der Waals surface area contributed by atoms with E-state index in [1.807, 2.05) is 29.6 Å². The smallest absolute Gasteiger partial charge is 0.229 e.